The van der Waals surface area contributed by atoms with E-state index in [4.69, 9.17) is 0 Å². The van der Waals surface area contributed by atoms with Crippen LogP contribution in [0.15, 0.2) is 11.0 Å². The van der Waals surface area contributed by atoms with Crippen LogP contribution in [0, 0.1) is 0 Å². The summed E-state index contributed by atoms with van der Waals surface area (Å²) in [6.07, 6.45) is 6.37. The van der Waals surface area contributed by atoms with Gasteiger partial charge in [0.05, 0.1) is 11.3 Å². The van der Waals surface area contributed by atoms with E-state index in [0.29, 0.717) is 5.69 Å². The molecule has 0 saturated heterocycles. The summed E-state index contributed by atoms with van der Waals surface area (Å²) in [5, 5.41) is 9.20. The lowest BCUT2D eigenvalue weighted by molar-refractivity contribution is 0.0692. The van der Waals surface area contributed by atoms with Crippen molar-refractivity contribution in [2.45, 2.75) is 44.1 Å². The highest BCUT2D eigenvalue weighted by molar-refractivity contribution is 5.88. The first kappa shape index (κ1) is 10.5. The van der Waals surface area contributed by atoms with Crippen molar-refractivity contribution in [3.8, 4) is 0 Å². The van der Waals surface area contributed by atoms with Crippen molar-refractivity contribution in [1.82, 2.24) is 9.55 Å². The Labute approximate surface area is 98.1 Å². The molecule has 0 amide bonds. The first-order valence-electron chi connectivity index (χ1n) is 6.03. The molecular weight excluding hydrogens is 220 g/mol. The highest BCUT2D eigenvalue weighted by atomic mass is 16.4. The maximum atomic E-state index is 11.8. The van der Waals surface area contributed by atoms with Crippen molar-refractivity contribution in [2.75, 3.05) is 0 Å². The van der Waals surface area contributed by atoms with Crippen molar-refractivity contribution in [3.63, 3.8) is 0 Å². The summed E-state index contributed by atoms with van der Waals surface area (Å²) >= 11 is 0. The lowest BCUT2D eigenvalue weighted by atomic mass is 9.81. The van der Waals surface area contributed by atoms with Crippen LogP contribution >= 0.6 is 0 Å². The van der Waals surface area contributed by atoms with E-state index in [-0.39, 0.29) is 23.2 Å². The van der Waals surface area contributed by atoms with Gasteiger partial charge in [-0.25, -0.2) is 9.59 Å². The third-order valence-electron chi connectivity index (χ3n) is 3.64. The van der Waals surface area contributed by atoms with Crippen LogP contribution in [0.5, 0.6) is 0 Å². The number of nitrogens with zero attached hydrogens (tertiary/aromatic N) is 2. The van der Waals surface area contributed by atoms with Gasteiger partial charge in [0, 0.05) is 18.2 Å². The van der Waals surface area contributed by atoms with Crippen LogP contribution in [-0.2, 0) is 0 Å². The summed E-state index contributed by atoms with van der Waals surface area (Å²) < 4.78 is 1.48. The minimum Gasteiger partial charge on any atom is -0.478 e. The smallest absolute Gasteiger partial charge is 0.348 e. The van der Waals surface area contributed by atoms with Gasteiger partial charge in [-0.3, -0.25) is 4.57 Å². The van der Waals surface area contributed by atoms with Crippen LogP contribution in [0.1, 0.15) is 60.1 Å². The number of hydrogen-bond donors (Lipinski definition) is 1. The van der Waals surface area contributed by atoms with Crippen molar-refractivity contribution < 1.29 is 9.90 Å². The minimum absolute atomic E-state index is 0.169. The fraction of sp³-hybridized carbons (Fsp3) is 0.583. The van der Waals surface area contributed by atoms with Gasteiger partial charge in [-0.15, -0.1) is 0 Å². The van der Waals surface area contributed by atoms with Gasteiger partial charge in [0.15, 0.2) is 0 Å². The average molecular weight is 234 g/mol. The maximum absolute atomic E-state index is 11.8. The summed E-state index contributed by atoms with van der Waals surface area (Å²) in [6.45, 7) is 0. The molecule has 5 heteroatoms. The average Bonchev–Trinajstić information content (AvgIpc) is 2.98. The Bertz CT molecular complexity index is 527. The number of rotatable bonds is 3. The Kier molecular flexibility index (Phi) is 2.28. The summed E-state index contributed by atoms with van der Waals surface area (Å²) in [5.74, 6) is -0.809. The number of carboxylic acid groups (broad SMARTS) is 1. The molecule has 0 spiro atoms. The second-order valence-corrected chi connectivity index (χ2v) is 4.89. The third-order valence-corrected chi connectivity index (χ3v) is 3.64. The topological polar surface area (TPSA) is 72.2 Å². The van der Waals surface area contributed by atoms with E-state index >= 15 is 0 Å². The largest absolute Gasteiger partial charge is 0.478 e. The molecule has 0 aromatic carbocycles. The van der Waals surface area contributed by atoms with Gasteiger partial charge in [0.1, 0.15) is 0 Å². The van der Waals surface area contributed by atoms with E-state index < -0.39 is 5.97 Å². The first-order chi connectivity index (χ1) is 8.16. The molecule has 0 atom stereocenters. The molecule has 2 fully saturated rings. The number of aromatic nitrogens is 2. The molecular formula is C12H14N2O3. The highest BCUT2D eigenvalue weighted by Crippen LogP contribution is 2.38. The zero-order valence-corrected chi connectivity index (χ0v) is 9.43. The van der Waals surface area contributed by atoms with Crippen LogP contribution < -0.4 is 5.69 Å². The number of carbonyl (C=O) groups is 1. The van der Waals surface area contributed by atoms with E-state index in [1.807, 2.05) is 0 Å². The van der Waals surface area contributed by atoms with Gasteiger partial charge in [0.25, 0.3) is 0 Å². The van der Waals surface area contributed by atoms with E-state index in [1.54, 1.807) is 0 Å². The molecule has 0 unspecified atom stereocenters. The quantitative estimate of drug-likeness (QED) is 0.861. The Morgan fingerprint density at radius 1 is 1.35 bits per heavy atom. The predicted molar refractivity (Wildman–Crippen MR) is 60.3 cm³/mol. The van der Waals surface area contributed by atoms with Crippen LogP contribution in [0.4, 0.5) is 0 Å². The van der Waals surface area contributed by atoms with Crippen molar-refractivity contribution in [2.24, 2.45) is 0 Å². The standard InChI is InChI=1S/C12H14N2O3/c15-11(16)9-6-14(8-4-5-8)12(17)13-10(9)7-2-1-3-7/h6-8H,1-5H2,(H,15,16). The zero-order chi connectivity index (χ0) is 12.0. The van der Waals surface area contributed by atoms with Gasteiger partial charge in [-0.2, -0.15) is 4.98 Å². The van der Waals surface area contributed by atoms with Crippen LogP contribution in [0.25, 0.3) is 0 Å². The number of carboxylic acids is 1. The van der Waals surface area contributed by atoms with E-state index in [1.165, 1.54) is 10.8 Å². The molecule has 1 heterocycles. The monoisotopic (exact) mass is 234 g/mol. The minimum atomic E-state index is -0.978. The summed E-state index contributed by atoms with van der Waals surface area (Å²) in [4.78, 5) is 27.0. The Balaban J connectivity index is 2.10. The lowest BCUT2D eigenvalue weighted by Crippen LogP contribution is -2.28. The van der Waals surface area contributed by atoms with Crippen LogP contribution in [0.2, 0.25) is 0 Å². The van der Waals surface area contributed by atoms with Crippen molar-refractivity contribution in [3.05, 3.63) is 27.9 Å². The van der Waals surface area contributed by atoms with Gasteiger partial charge >= 0.3 is 11.7 Å². The molecule has 0 aliphatic heterocycles. The van der Waals surface area contributed by atoms with Gasteiger partial charge in [0.2, 0.25) is 0 Å². The first-order valence-corrected chi connectivity index (χ1v) is 6.03. The van der Waals surface area contributed by atoms with Crippen LogP contribution in [0.3, 0.4) is 0 Å². The molecule has 3 rings (SSSR count). The van der Waals surface area contributed by atoms with E-state index in [2.05, 4.69) is 4.98 Å². The second-order valence-electron chi connectivity index (χ2n) is 4.89. The van der Waals surface area contributed by atoms with E-state index in [0.717, 1.165) is 32.1 Å². The Morgan fingerprint density at radius 3 is 2.53 bits per heavy atom. The normalized spacial score (nSPS) is 20.0. The molecule has 1 N–H and O–H groups in total. The molecule has 1 aromatic heterocycles. The second kappa shape index (κ2) is 3.68. The Hall–Kier alpha value is -1.65. The highest BCUT2D eigenvalue weighted by Gasteiger charge is 2.30. The van der Waals surface area contributed by atoms with Crippen molar-refractivity contribution >= 4 is 5.97 Å². The lowest BCUT2D eigenvalue weighted by Gasteiger charge is -2.25. The zero-order valence-electron chi connectivity index (χ0n) is 9.43. The molecule has 1 aromatic rings. The van der Waals surface area contributed by atoms with Gasteiger partial charge < -0.3 is 5.11 Å². The fourth-order valence-electron chi connectivity index (χ4n) is 2.25. The summed E-state index contributed by atoms with van der Waals surface area (Å²) in [5.41, 5.74) is 0.409. The molecule has 5 nitrogen and oxygen atoms in total. The summed E-state index contributed by atoms with van der Waals surface area (Å²) in [6, 6.07) is 0.170. The number of aromatic carboxylic acids is 1. The van der Waals surface area contributed by atoms with Crippen molar-refractivity contribution in [1.29, 1.82) is 0 Å². The molecule has 2 aliphatic carbocycles. The SMILES string of the molecule is O=C(O)c1cn(C2CC2)c(=O)nc1C1CCC1. The number of hydrogen-bond acceptors (Lipinski definition) is 3. The molecule has 2 aliphatic rings. The fourth-order valence-corrected chi connectivity index (χ4v) is 2.25. The molecule has 17 heavy (non-hydrogen) atoms. The molecule has 0 bridgehead atoms. The molecule has 0 radical (unpaired) electrons. The predicted octanol–water partition coefficient (Wildman–Crippen LogP) is 1.54. The van der Waals surface area contributed by atoms with Gasteiger partial charge in [-0.1, -0.05) is 6.42 Å². The third kappa shape index (κ3) is 1.75. The Morgan fingerprint density at radius 2 is 2.06 bits per heavy atom. The van der Waals surface area contributed by atoms with Gasteiger partial charge in [-0.05, 0) is 25.7 Å². The molecule has 90 valence electrons. The summed E-state index contributed by atoms with van der Waals surface area (Å²) in [7, 11) is 0. The maximum Gasteiger partial charge on any atom is 0.348 e. The van der Waals surface area contributed by atoms with E-state index in [9.17, 15) is 14.7 Å². The molecule has 2 saturated carbocycles. The van der Waals surface area contributed by atoms with Crippen LogP contribution in [-0.4, -0.2) is 20.6 Å².